The first-order valence-corrected chi connectivity index (χ1v) is 8.03. The van der Waals surface area contributed by atoms with E-state index in [1.54, 1.807) is 0 Å². The van der Waals surface area contributed by atoms with Crippen LogP contribution in [-0.4, -0.2) is 49.6 Å². The maximum Gasteiger partial charge on any atom is 0.191 e. The lowest BCUT2D eigenvalue weighted by molar-refractivity contribution is 0.331. The number of hydrogen-bond acceptors (Lipinski definition) is 2. The third kappa shape index (κ3) is 7.41. The number of nitrogens with one attached hydrogen (secondary N) is 2. The van der Waals surface area contributed by atoms with Crippen molar-refractivity contribution < 1.29 is 0 Å². The lowest BCUT2D eigenvalue weighted by atomic mass is 10.3. The Morgan fingerprint density at radius 1 is 1.21 bits per heavy atom. The minimum absolute atomic E-state index is 0.488. The number of hydrogen-bond donors (Lipinski definition) is 2. The average Bonchev–Trinajstić information content (AvgIpc) is 2.91. The molecule has 0 bridgehead atoms. The molecule has 2 N–H and O–H groups in total. The van der Waals surface area contributed by atoms with E-state index >= 15 is 0 Å². The second-order valence-corrected chi connectivity index (χ2v) is 5.47. The summed E-state index contributed by atoms with van der Waals surface area (Å²) in [7, 11) is 0. The van der Waals surface area contributed by atoms with Gasteiger partial charge < -0.3 is 15.5 Å². The molecule has 1 fully saturated rings. The maximum absolute atomic E-state index is 4.64. The van der Waals surface area contributed by atoms with Gasteiger partial charge in [0.25, 0.3) is 0 Å². The van der Waals surface area contributed by atoms with Gasteiger partial charge in [0.2, 0.25) is 0 Å². The molecule has 19 heavy (non-hydrogen) atoms. The van der Waals surface area contributed by atoms with E-state index < -0.39 is 0 Å². The van der Waals surface area contributed by atoms with Crippen molar-refractivity contribution >= 4 is 5.96 Å². The van der Waals surface area contributed by atoms with Crippen LogP contribution in [-0.2, 0) is 0 Å². The quantitative estimate of drug-likeness (QED) is 0.403. The van der Waals surface area contributed by atoms with Crippen LogP contribution in [0.1, 0.15) is 52.9 Å². The largest absolute Gasteiger partial charge is 0.357 e. The molecule has 0 aromatic rings. The van der Waals surface area contributed by atoms with Crippen LogP contribution in [0.5, 0.6) is 0 Å². The van der Waals surface area contributed by atoms with Gasteiger partial charge in [0.1, 0.15) is 0 Å². The summed E-state index contributed by atoms with van der Waals surface area (Å²) in [6, 6.07) is 0.488. The molecule has 1 atom stereocenters. The zero-order valence-electron chi connectivity index (χ0n) is 13.0. The zero-order valence-corrected chi connectivity index (χ0v) is 13.0. The second-order valence-electron chi connectivity index (χ2n) is 5.47. The molecule has 1 rings (SSSR count). The topological polar surface area (TPSA) is 39.7 Å². The van der Waals surface area contributed by atoms with E-state index in [0.717, 1.165) is 25.5 Å². The summed E-state index contributed by atoms with van der Waals surface area (Å²) in [5.41, 5.74) is 0. The van der Waals surface area contributed by atoms with Gasteiger partial charge in [0.05, 0.1) is 0 Å². The van der Waals surface area contributed by atoms with Gasteiger partial charge in [0.15, 0.2) is 5.96 Å². The summed E-state index contributed by atoms with van der Waals surface area (Å²) in [6.45, 7) is 12.2. The number of rotatable bonds is 8. The van der Waals surface area contributed by atoms with Crippen LogP contribution in [0.15, 0.2) is 4.99 Å². The highest BCUT2D eigenvalue weighted by molar-refractivity contribution is 5.79. The molecule has 0 saturated carbocycles. The zero-order chi connectivity index (χ0) is 13.9. The Balaban J connectivity index is 2.14. The highest BCUT2D eigenvalue weighted by Gasteiger charge is 2.09. The van der Waals surface area contributed by atoms with Crippen molar-refractivity contribution in [3.63, 3.8) is 0 Å². The lowest BCUT2D eigenvalue weighted by Crippen LogP contribution is -2.42. The monoisotopic (exact) mass is 268 g/mol. The molecule has 0 aliphatic carbocycles. The van der Waals surface area contributed by atoms with E-state index in [4.69, 9.17) is 0 Å². The van der Waals surface area contributed by atoms with Crippen LogP contribution >= 0.6 is 0 Å². The Morgan fingerprint density at radius 2 is 1.95 bits per heavy atom. The molecule has 0 amide bonds. The molecule has 4 heteroatoms. The SMILES string of the molecule is CCNC(=NCCCCN1CCCC1)NC(C)CC. The lowest BCUT2D eigenvalue weighted by Gasteiger charge is -2.16. The van der Waals surface area contributed by atoms with E-state index in [1.165, 1.54) is 45.3 Å². The molecule has 1 unspecified atom stereocenters. The summed E-state index contributed by atoms with van der Waals surface area (Å²) >= 11 is 0. The normalized spacial score (nSPS) is 18.6. The van der Waals surface area contributed by atoms with Crippen LogP contribution in [0.25, 0.3) is 0 Å². The number of unbranched alkanes of at least 4 members (excludes halogenated alkanes) is 1. The first kappa shape index (κ1) is 16.3. The smallest absolute Gasteiger partial charge is 0.191 e. The molecule has 0 spiro atoms. The molecule has 1 heterocycles. The number of likely N-dealkylation sites (tertiary alicyclic amines) is 1. The molecule has 0 aromatic carbocycles. The van der Waals surface area contributed by atoms with Crippen LogP contribution in [0.4, 0.5) is 0 Å². The van der Waals surface area contributed by atoms with Gasteiger partial charge in [-0.05, 0) is 65.6 Å². The van der Waals surface area contributed by atoms with Crippen molar-refractivity contribution in [3.8, 4) is 0 Å². The Labute approximate surface area is 119 Å². The summed E-state index contributed by atoms with van der Waals surface area (Å²) < 4.78 is 0. The first-order valence-electron chi connectivity index (χ1n) is 8.03. The van der Waals surface area contributed by atoms with Gasteiger partial charge >= 0.3 is 0 Å². The third-order valence-electron chi connectivity index (χ3n) is 3.69. The molecular formula is C15H32N4. The predicted octanol–water partition coefficient (Wildman–Crippen LogP) is 2.22. The van der Waals surface area contributed by atoms with Crippen molar-refractivity contribution in [2.24, 2.45) is 4.99 Å². The summed E-state index contributed by atoms with van der Waals surface area (Å²) in [5.74, 6) is 0.970. The highest BCUT2D eigenvalue weighted by atomic mass is 15.2. The average molecular weight is 268 g/mol. The number of nitrogens with zero attached hydrogens (tertiary/aromatic N) is 2. The molecular weight excluding hydrogens is 236 g/mol. The highest BCUT2D eigenvalue weighted by Crippen LogP contribution is 2.08. The fourth-order valence-electron chi connectivity index (χ4n) is 2.30. The second kappa shape index (κ2) is 10.1. The molecule has 0 radical (unpaired) electrons. The molecule has 112 valence electrons. The van der Waals surface area contributed by atoms with Crippen molar-refractivity contribution in [1.29, 1.82) is 0 Å². The fraction of sp³-hybridized carbons (Fsp3) is 0.933. The van der Waals surface area contributed by atoms with E-state index in [0.29, 0.717) is 6.04 Å². The Bertz CT molecular complexity index is 247. The van der Waals surface area contributed by atoms with Gasteiger partial charge in [-0.15, -0.1) is 0 Å². The molecule has 1 aliphatic heterocycles. The number of aliphatic imine (C=N–C) groups is 1. The predicted molar refractivity (Wildman–Crippen MR) is 83.8 cm³/mol. The molecule has 1 saturated heterocycles. The van der Waals surface area contributed by atoms with Gasteiger partial charge in [-0.2, -0.15) is 0 Å². The third-order valence-corrected chi connectivity index (χ3v) is 3.69. The molecule has 4 nitrogen and oxygen atoms in total. The van der Waals surface area contributed by atoms with Crippen LogP contribution in [0, 0.1) is 0 Å². The van der Waals surface area contributed by atoms with Crippen molar-refractivity contribution in [1.82, 2.24) is 15.5 Å². The first-order chi connectivity index (χ1) is 9.26. The fourth-order valence-corrected chi connectivity index (χ4v) is 2.30. The standard InChI is InChI=1S/C15H32N4/c1-4-14(3)18-15(16-5-2)17-10-6-7-11-19-12-8-9-13-19/h14H,4-13H2,1-3H3,(H2,16,17,18). The van der Waals surface area contributed by atoms with Crippen LogP contribution in [0.2, 0.25) is 0 Å². The Hall–Kier alpha value is -0.770. The minimum atomic E-state index is 0.488. The van der Waals surface area contributed by atoms with Crippen LogP contribution in [0.3, 0.4) is 0 Å². The van der Waals surface area contributed by atoms with Gasteiger partial charge in [0, 0.05) is 19.1 Å². The van der Waals surface area contributed by atoms with E-state index in [9.17, 15) is 0 Å². The van der Waals surface area contributed by atoms with Crippen LogP contribution < -0.4 is 10.6 Å². The minimum Gasteiger partial charge on any atom is -0.357 e. The molecule has 1 aliphatic rings. The summed E-state index contributed by atoms with van der Waals surface area (Å²) in [6.07, 6.45) is 6.36. The summed E-state index contributed by atoms with van der Waals surface area (Å²) in [5, 5.41) is 6.74. The Kier molecular flexibility index (Phi) is 8.63. The Morgan fingerprint density at radius 3 is 2.58 bits per heavy atom. The molecule has 0 aromatic heterocycles. The van der Waals surface area contributed by atoms with E-state index in [2.05, 4.69) is 41.3 Å². The van der Waals surface area contributed by atoms with Gasteiger partial charge in [-0.25, -0.2) is 0 Å². The van der Waals surface area contributed by atoms with Crippen molar-refractivity contribution in [2.75, 3.05) is 32.7 Å². The van der Waals surface area contributed by atoms with Crippen molar-refractivity contribution in [2.45, 2.75) is 58.9 Å². The van der Waals surface area contributed by atoms with Gasteiger partial charge in [-0.1, -0.05) is 6.92 Å². The van der Waals surface area contributed by atoms with E-state index in [1.807, 2.05) is 0 Å². The van der Waals surface area contributed by atoms with Crippen molar-refractivity contribution in [3.05, 3.63) is 0 Å². The maximum atomic E-state index is 4.64. The van der Waals surface area contributed by atoms with E-state index in [-0.39, 0.29) is 0 Å². The number of guanidine groups is 1. The van der Waals surface area contributed by atoms with Gasteiger partial charge in [-0.3, -0.25) is 4.99 Å². The summed E-state index contributed by atoms with van der Waals surface area (Å²) in [4.78, 5) is 7.22.